The number of aromatic nitrogens is 1. The number of anilines is 1. The van der Waals surface area contributed by atoms with Crippen LogP contribution in [0.4, 0.5) is 5.69 Å². The van der Waals surface area contributed by atoms with Crippen LogP contribution in [0.2, 0.25) is 0 Å². The Kier molecular flexibility index (Phi) is 2.63. The summed E-state index contributed by atoms with van der Waals surface area (Å²) >= 11 is 4.96. The van der Waals surface area contributed by atoms with Crippen LogP contribution in [-0.4, -0.2) is 22.9 Å². The highest BCUT2D eigenvalue weighted by Gasteiger charge is 2.54. The molecule has 0 bridgehead atoms. The van der Waals surface area contributed by atoms with E-state index in [-0.39, 0.29) is 5.91 Å². The Hall–Kier alpha value is -1.49. The van der Waals surface area contributed by atoms with Gasteiger partial charge in [0.1, 0.15) is 0 Å². The molecule has 0 aliphatic heterocycles. The van der Waals surface area contributed by atoms with Crippen LogP contribution in [0.25, 0.3) is 0 Å². The van der Waals surface area contributed by atoms with Crippen molar-refractivity contribution in [2.45, 2.75) is 12.8 Å². The van der Waals surface area contributed by atoms with Crippen molar-refractivity contribution in [1.82, 2.24) is 4.98 Å². The molecule has 2 N–H and O–H groups in total. The molecule has 1 heterocycles. The third kappa shape index (κ3) is 1.67. The van der Waals surface area contributed by atoms with Crippen molar-refractivity contribution in [2.75, 3.05) is 11.9 Å². The number of hydrogen-bond acceptors (Lipinski definition) is 3. The molecule has 5 heteroatoms. The zero-order chi connectivity index (χ0) is 11.8. The number of nitrogens with zero attached hydrogens (tertiary/aromatic N) is 2. The monoisotopic (exact) mass is 235 g/mol. The Morgan fingerprint density at radius 2 is 2.06 bits per heavy atom. The Labute approximate surface area is 99.5 Å². The minimum atomic E-state index is -0.590. The van der Waals surface area contributed by atoms with Gasteiger partial charge in [0.05, 0.1) is 10.4 Å². The first-order chi connectivity index (χ1) is 7.58. The SMILES string of the molecule is CN(C(=O)C1(C(N)=S)CC1)c1ccncc1. The second kappa shape index (κ2) is 3.83. The summed E-state index contributed by atoms with van der Waals surface area (Å²) < 4.78 is 0. The molecular formula is C11H13N3OS. The minimum absolute atomic E-state index is 0.0220. The first-order valence-corrected chi connectivity index (χ1v) is 5.47. The van der Waals surface area contributed by atoms with Crippen LogP contribution >= 0.6 is 12.2 Å². The Balaban J connectivity index is 2.21. The van der Waals surface area contributed by atoms with E-state index in [1.165, 1.54) is 0 Å². The molecule has 16 heavy (non-hydrogen) atoms. The van der Waals surface area contributed by atoms with Crippen molar-refractivity contribution >= 4 is 28.8 Å². The van der Waals surface area contributed by atoms with Gasteiger partial charge >= 0.3 is 0 Å². The highest BCUT2D eigenvalue weighted by molar-refractivity contribution is 7.80. The lowest BCUT2D eigenvalue weighted by Crippen LogP contribution is -2.40. The first-order valence-electron chi connectivity index (χ1n) is 5.06. The fourth-order valence-corrected chi connectivity index (χ4v) is 1.99. The van der Waals surface area contributed by atoms with E-state index >= 15 is 0 Å². The van der Waals surface area contributed by atoms with Gasteiger partial charge in [-0.25, -0.2) is 0 Å². The van der Waals surface area contributed by atoms with Gasteiger partial charge in [-0.3, -0.25) is 9.78 Å². The zero-order valence-corrected chi connectivity index (χ0v) is 9.83. The van der Waals surface area contributed by atoms with Crippen LogP contribution in [0.15, 0.2) is 24.5 Å². The van der Waals surface area contributed by atoms with E-state index in [9.17, 15) is 4.79 Å². The van der Waals surface area contributed by atoms with Crippen LogP contribution in [0.1, 0.15) is 12.8 Å². The number of pyridine rings is 1. The van der Waals surface area contributed by atoms with Crippen LogP contribution in [0.3, 0.4) is 0 Å². The lowest BCUT2D eigenvalue weighted by molar-refractivity contribution is -0.121. The maximum absolute atomic E-state index is 12.2. The van der Waals surface area contributed by atoms with Gasteiger partial charge in [0.25, 0.3) is 0 Å². The molecule has 0 radical (unpaired) electrons. The molecule has 1 aromatic rings. The van der Waals surface area contributed by atoms with Crippen molar-refractivity contribution < 1.29 is 4.79 Å². The van der Waals surface area contributed by atoms with E-state index in [0.29, 0.717) is 4.99 Å². The second-order valence-corrected chi connectivity index (χ2v) is 4.46. The lowest BCUT2D eigenvalue weighted by atomic mass is 10.1. The Morgan fingerprint density at radius 3 is 2.50 bits per heavy atom. The topological polar surface area (TPSA) is 59.2 Å². The van der Waals surface area contributed by atoms with E-state index in [2.05, 4.69) is 4.98 Å². The predicted octanol–water partition coefficient (Wildman–Crippen LogP) is 1.11. The molecule has 0 aromatic carbocycles. The van der Waals surface area contributed by atoms with Crippen LogP contribution in [-0.2, 0) is 4.79 Å². The molecule has 1 saturated carbocycles. The number of thiocarbonyl (C=S) groups is 1. The number of nitrogens with two attached hydrogens (primary N) is 1. The number of carbonyl (C=O) groups excluding carboxylic acids is 1. The van der Waals surface area contributed by atoms with Crippen molar-refractivity contribution in [3.05, 3.63) is 24.5 Å². The Bertz CT molecular complexity index is 428. The molecule has 1 aliphatic carbocycles. The zero-order valence-electron chi connectivity index (χ0n) is 9.01. The largest absolute Gasteiger partial charge is 0.392 e. The molecule has 0 spiro atoms. The summed E-state index contributed by atoms with van der Waals surface area (Å²) in [6.45, 7) is 0. The van der Waals surface area contributed by atoms with Gasteiger partial charge in [-0.15, -0.1) is 0 Å². The quantitative estimate of drug-likeness (QED) is 0.797. The van der Waals surface area contributed by atoms with Crippen molar-refractivity contribution in [3.8, 4) is 0 Å². The van der Waals surface area contributed by atoms with E-state index in [4.69, 9.17) is 18.0 Å². The van der Waals surface area contributed by atoms with E-state index < -0.39 is 5.41 Å². The van der Waals surface area contributed by atoms with Crippen molar-refractivity contribution in [3.63, 3.8) is 0 Å². The molecule has 0 atom stereocenters. The summed E-state index contributed by atoms with van der Waals surface area (Å²) in [4.78, 5) is 18.0. The van der Waals surface area contributed by atoms with Gasteiger partial charge in [0.15, 0.2) is 0 Å². The molecule has 1 fully saturated rings. The summed E-state index contributed by atoms with van der Waals surface area (Å²) in [7, 11) is 1.73. The number of rotatable bonds is 3. The van der Waals surface area contributed by atoms with Crippen LogP contribution < -0.4 is 10.6 Å². The maximum atomic E-state index is 12.2. The molecule has 2 rings (SSSR count). The highest BCUT2D eigenvalue weighted by atomic mass is 32.1. The number of carbonyl (C=O) groups is 1. The van der Waals surface area contributed by atoms with E-state index in [1.54, 1.807) is 36.5 Å². The normalized spacial score (nSPS) is 16.6. The molecule has 1 aliphatic rings. The Morgan fingerprint density at radius 1 is 1.50 bits per heavy atom. The number of amides is 1. The molecular weight excluding hydrogens is 222 g/mol. The van der Waals surface area contributed by atoms with Crippen molar-refractivity contribution in [2.24, 2.45) is 11.1 Å². The van der Waals surface area contributed by atoms with E-state index in [1.807, 2.05) is 0 Å². The van der Waals surface area contributed by atoms with Gasteiger partial charge in [-0.05, 0) is 25.0 Å². The van der Waals surface area contributed by atoms with Crippen LogP contribution in [0.5, 0.6) is 0 Å². The number of hydrogen-bond donors (Lipinski definition) is 1. The summed E-state index contributed by atoms with van der Waals surface area (Å²) in [5.41, 5.74) is 5.84. The van der Waals surface area contributed by atoms with Crippen LogP contribution in [0, 0.1) is 5.41 Å². The fourth-order valence-electron chi connectivity index (χ4n) is 1.70. The third-order valence-electron chi connectivity index (χ3n) is 2.99. The van der Waals surface area contributed by atoms with E-state index in [0.717, 1.165) is 18.5 Å². The fraction of sp³-hybridized carbons (Fsp3) is 0.364. The molecule has 84 valence electrons. The molecule has 1 aromatic heterocycles. The summed E-state index contributed by atoms with van der Waals surface area (Å²) in [6, 6.07) is 3.57. The summed E-state index contributed by atoms with van der Waals surface area (Å²) in [5.74, 6) is -0.0220. The standard InChI is InChI=1S/C11H13N3OS/c1-14(8-2-6-13-7-3-8)10(15)11(4-5-11)9(12)16/h2-3,6-7H,4-5H2,1H3,(H2,12,16). The smallest absolute Gasteiger partial charge is 0.239 e. The van der Waals surface area contributed by atoms with Gasteiger partial charge in [0, 0.05) is 25.1 Å². The summed E-state index contributed by atoms with van der Waals surface area (Å²) in [6.07, 6.45) is 4.83. The van der Waals surface area contributed by atoms with Gasteiger partial charge in [-0.2, -0.15) is 0 Å². The lowest BCUT2D eigenvalue weighted by Gasteiger charge is -2.22. The molecule has 0 saturated heterocycles. The first kappa shape index (κ1) is 11.0. The molecule has 1 amide bonds. The van der Waals surface area contributed by atoms with Gasteiger partial charge < -0.3 is 10.6 Å². The second-order valence-electron chi connectivity index (χ2n) is 4.02. The highest BCUT2D eigenvalue weighted by Crippen LogP contribution is 2.47. The molecule has 0 unspecified atom stereocenters. The van der Waals surface area contributed by atoms with Crippen molar-refractivity contribution in [1.29, 1.82) is 0 Å². The predicted molar refractivity (Wildman–Crippen MR) is 66.1 cm³/mol. The average molecular weight is 235 g/mol. The molecule has 4 nitrogen and oxygen atoms in total. The maximum Gasteiger partial charge on any atom is 0.239 e. The summed E-state index contributed by atoms with van der Waals surface area (Å²) in [5, 5.41) is 0. The van der Waals surface area contributed by atoms with Gasteiger partial charge in [-0.1, -0.05) is 12.2 Å². The third-order valence-corrected chi connectivity index (χ3v) is 3.38. The van der Waals surface area contributed by atoms with Gasteiger partial charge in [0.2, 0.25) is 5.91 Å². The minimum Gasteiger partial charge on any atom is -0.392 e. The average Bonchev–Trinajstić information content (AvgIpc) is 3.09.